The maximum atomic E-state index is 13.2. The summed E-state index contributed by atoms with van der Waals surface area (Å²) >= 11 is 0. The molecule has 0 aliphatic rings. The largest absolute Gasteiger partial charge is 0.444 e. The molecule has 0 saturated heterocycles. The van der Waals surface area contributed by atoms with E-state index in [1.807, 2.05) is 0 Å². The molecule has 1 rings (SSSR count). The number of hydrogen-bond donors (Lipinski definition) is 1. The van der Waals surface area contributed by atoms with Gasteiger partial charge in [-0.25, -0.2) is 4.79 Å². The summed E-state index contributed by atoms with van der Waals surface area (Å²) in [6, 6.07) is 8.30. The van der Waals surface area contributed by atoms with E-state index in [0.29, 0.717) is 10.5 Å². The third kappa shape index (κ3) is 4.62. The van der Waals surface area contributed by atoms with Gasteiger partial charge in [0.05, 0.1) is 6.54 Å². The maximum Gasteiger partial charge on any atom is 0.424 e. The van der Waals surface area contributed by atoms with E-state index in [-0.39, 0.29) is 6.54 Å². The third-order valence-electron chi connectivity index (χ3n) is 2.93. The van der Waals surface area contributed by atoms with Crippen LogP contribution in [-0.4, -0.2) is 28.4 Å². The molecule has 0 saturated carbocycles. The fourth-order valence-corrected chi connectivity index (χ4v) is 1.65. The average molecular weight is 318 g/mol. The third-order valence-corrected chi connectivity index (χ3v) is 2.93. The zero-order chi connectivity index (χ0) is 17.2. The molecule has 7 heteroatoms. The molecule has 1 unspecified atom stereocenters. The van der Waals surface area contributed by atoms with E-state index in [2.05, 4.69) is 0 Å². The number of alkyl halides is 3. The summed E-state index contributed by atoms with van der Waals surface area (Å²) < 4.78 is 44.7. The lowest BCUT2D eigenvalue weighted by atomic mass is 10.1. The van der Waals surface area contributed by atoms with E-state index in [4.69, 9.17) is 10.5 Å². The summed E-state index contributed by atoms with van der Waals surface area (Å²) in [6.07, 6.45) is -5.91. The van der Waals surface area contributed by atoms with Crippen LogP contribution in [-0.2, 0) is 11.3 Å². The monoisotopic (exact) mass is 318 g/mol. The van der Waals surface area contributed by atoms with Gasteiger partial charge in [-0.15, -0.1) is 0 Å². The van der Waals surface area contributed by atoms with Crippen molar-refractivity contribution in [2.24, 2.45) is 5.73 Å². The van der Waals surface area contributed by atoms with Gasteiger partial charge in [-0.1, -0.05) is 30.3 Å². The highest BCUT2D eigenvalue weighted by molar-refractivity contribution is 5.69. The highest BCUT2D eigenvalue weighted by atomic mass is 19.4. The van der Waals surface area contributed by atoms with Crippen molar-refractivity contribution < 1.29 is 22.7 Å². The average Bonchev–Trinajstić information content (AvgIpc) is 2.33. The minimum absolute atomic E-state index is 0.303. The van der Waals surface area contributed by atoms with Crippen molar-refractivity contribution in [3.63, 3.8) is 0 Å². The van der Waals surface area contributed by atoms with Gasteiger partial charge < -0.3 is 10.5 Å². The van der Waals surface area contributed by atoms with Crippen LogP contribution in [0.15, 0.2) is 30.3 Å². The SMILES string of the molecule is CC(C)(C)OC(=O)N(Cc1ccccc1)C(C)(N)C(F)(F)F. The number of carbonyl (C=O) groups excluding carboxylic acids is 1. The van der Waals surface area contributed by atoms with Crippen molar-refractivity contribution in [1.82, 2.24) is 4.90 Å². The summed E-state index contributed by atoms with van der Waals surface area (Å²) in [6.45, 7) is 5.18. The van der Waals surface area contributed by atoms with Crippen molar-refractivity contribution in [3.05, 3.63) is 35.9 Å². The Kier molecular flexibility index (Phi) is 5.12. The summed E-state index contributed by atoms with van der Waals surface area (Å²) in [5.41, 5.74) is 2.16. The Labute approximate surface area is 128 Å². The van der Waals surface area contributed by atoms with Crippen LogP contribution in [0.3, 0.4) is 0 Å². The van der Waals surface area contributed by atoms with Gasteiger partial charge in [0.2, 0.25) is 0 Å². The van der Waals surface area contributed by atoms with E-state index in [1.54, 1.807) is 51.1 Å². The molecule has 0 bridgehead atoms. The van der Waals surface area contributed by atoms with Gasteiger partial charge in [-0.05, 0) is 33.3 Å². The zero-order valence-corrected chi connectivity index (χ0v) is 13.1. The second-order valence-corrected chi connectivity index (χ2v) is 6.20. The van der Waals surface area contributed by atoms with Crippen molar-refractivity contribution >= 4 is 6.09 Å². The lowest BCUT2D eigenvalue weighted by Gasteiger charge is -2.39. The molecule has 0 radical (unpaired) electrons. The first-order chi connectivity index (χ1) is 9.84. The van der Waals surface area contributed by atoms with Crippen LogP contribution >= 0.6 is 0 Å². The van der Waals surface area contributed by atoms with Crippen molar-refractivity contribution in [2.45, 2.75) is 51.7 Å². The minimum Gasteiger partial charge on any atom is -0.444 e. The molecule has 0 fully saturated rings. The fourth-order valence-electron chi connectivity index (χ4n) is 1.65. The summed E-state index contributed by atoms with van der Waals surface area (Å²) in [5, 5.41) is 0. The molecule has 22 heavy (non-hydrogen) atoms. The summed E-state index contributed by atoms with van der Waals surface area (Å²) in [4.78, 5) is 12.7. The number of nitrogens with two attached hydrogens (primary N) is 1. The van der Waals surface area contributed by atoms with Gasteiger partial charge in [-0.2, -0.15) is 13.2 Å². The molecular formula is C15H21F3N2O2. The first kappa shape index (κ1) is 18.3. The number of hydrogen-bond acceptors (Lipinski definition) is 3. The molecule has 0 aliphatic carbocycles. The quantitative estimate of drug-likeness (QED) is 0.865. The topological polar surface area (TPSA) is 55.6 Å². The first-order valence-electron chi connectivity index (χ1n) is 6.75. The van der Waals surface area contributed by atoms with Crippen molar-refractivity contribution in [3.8, 4) is 0 Å². The number of carbonyl (C=O) groups is 1. The number of halogens is 3. The second-order valence-electron chi connectivity index (χ2n) is 6.20. The lowest BCUT2D eigenvalue weighted by molar-refractivity contribution is -0.221. The maximum absolute atomic E-state index is 13.2. The predicted octanol–water partition coefficient (Wildman–Crippen LogP) is 3.66. The van der Waals surface area contributed by atoms with Crippen LogP contribution in [0.4, 0.5) is 18.0 Å². The molecule has 1 aromatic rings. The Bertz CT molecular complexity index is 508. The predicted molar refractivity (Wildman–Crippen MR) is 76.9 cm³/mol. The van der Waals surface area contributed by atoms with Crippen LogP contribution in [0.2, 0.25) is 0 Å². The molecule has 124 valence electrons. The van der Waals surface area contributed by atoms with E-state index >= 15 is 0 Å². The van der Waals surface area contributed by atoms with Gasteiger partial charge in [0.15, 0.2) is 5.66 Å². The Morgan fingerprint density at radius 2 is 1.64 bits per heavy atom. The molecule has 1 amide bonds. The normalized spacial score (nSPS) is 15.1. The van der Waals surface area contributed by atoms with Gasteiger partial charge in [0.1, 0.15) is 5.60 Å². The van der Waals surface area contributed by atoms with E-state index < -0.39 is 23.5 Å². The highest BCUT2D eigenvalue weighted by Gasteiger charge is 2.55. The molecule has 2 N–H and O–H groups in total. The summed E-state index contributed by atoms with van der Waals surface area (Å²) in [5.74, 6) is 0. The van der Waals surface area contributed by atoms with Crippen LogP contribution in [0.1, 0.15) is 33.3 Å². The molecule has 0 spiro atoms. The number of rotatable bonds is 3. The Balaban J connectivity index is 3.13. The lowest BCUT2D eigenvalue weighted by Crippen LogP contribution is -2.65. The second kappa shape index (κ2) is 6.16. The smallest absolute Gasteiger partial charge is 0.424 e. The van der Waals surface area contributed by atoms with Gasteiger partial charge in [0, 0.05) is 0 Å². The Morgan fingerprint density at radius 1 is 1.14 bits per heavy atom. The molecule has 0 aliphatic heterocycles. The summed E-state index contributed by atoms with van der Waals surface area (Å²) in [7, 11) is 0. The fraction of sp³-hybridized carbons (Fsp3) is 0.533. The molecule has 1 atom stereocenters. The highest BCUT2D eigenvalue weighted by Crippen LogP contribution is 2.33. The first-order valence-corrected chi connectivity index (χ1v) is 6.75. The van der Waals surface area contributed by atoms with Crippen molar-refractivity contribution in [1.29, 1.82) is 0 Å². The van der Waals surface area contributed by atoms with Crippen LogP contribution < -0.4 is 5.73 Å². The van der Waals surface area contributed by atoms with E-state index in [1.165, 1.54) is 0 Å². The Morgan fingerprint density at radius 3 is 2.05 bits per heavy atom. The van der Waals surface area contributed by atoms with Crippen LogP contribution in [0, 0.1) is 0 Å². The molecule has 4 nitrogen and oxygen atoms in total. The molecule has 1 aromatic carbocycles. The Hall–Kier alpha value is -1.76. The van der Waals surface area contributed by atoms with Gasteiger partial charge >= 0.3 is 12.3 Å². The van der Waals surface area contributed by atoms with E-state index in [0.717, 1.165) is 6.92 Å². The molecule has 0 heterocycles. The van der Waals surface area contributed by atoms with Gasteiger partial charge in [-0.3, -0.25) is 4.90 Å². The molecular weight excluding hydrogens is 297 g/mol. The van der Waals surface area contributed by atoms with Crippen LogP contribution in [0.5, 0.6) is 0 Å². The number of nitrogens with zero attached hydrogens (tertiary/aromatic N) is 1. The van der Waals surface area contributed by atoms with Gasteiger partial charge in [0.25, 0.3) is 0 Å². The van der Waals surface area contributed by atoms with Crippen LogP contribution in [0.25, 0.3) is 0 Å². The number of ether oxygens (including phenoxy) is 1. The standard InChI is InChI=1S/C15H21F3N2O2/c1-13(2,3)22-12(21)20(14(4,19)15(16,17)18)10-11-8-6-5-7-9-11/h5-9H,10,19H2,1-4H3. The number of amides is 1. The van der Waals surface area contributed by atoms with E-state index in [9.17, 15) is 18.0 Å². The number of benzene rings is 1. The molecule has 0 aromatic heterocycles. The minimum atomic E-state index is -4.79. The van der Waals surface area contributed by atoms with Crippen molar-refractivity contribution in [2.75, 3.05) is 0 Å². The zero-order valence-electron chi connectivity index (χ0n) is 13.1.